The molecule has 0 spiro atoms. The highest BCUT2D eigenvalue weighted by Gasteiger charge is 2.08. The Morgan fingerprint density at radius 3 is 2.00 bits per heavy atom. The molecule has 1 rings (SSSR count). The van der Waals surface area contributed by atoms with E-state index in [0.29, 0.717) is 11.9 Å². The topological polar surface area (TPSA) is 66.8 Å². The van der Waals surface area contributed by atoms with Crippen LogP contribution >= 0.6 is 0 Å². The highest BCUT2D eigenvalue weighted by Crippen LogP contribution is 1.92. The van der Waals surface area contributed by atoms with Crippen molar-refractivity contribution in [3.05, 3.63) is 29.8 Å². The average Bonchev–Trinajstić information content (AvgIpc) is 2.19. The summed E-state index contributed by atoms with van der Waals surface area (Å²) in [5.74, 6) is 0. The van der Waals surface area contributed by atoms with Gasteiger partial charge in [-0.1, -0.05) is 29.8 Å². The molecule has 2 N–H and O–H groups in total. The number of carbonyl (C=O) groups excluding carboxylic acids is 1. The third kappa shape index (κ3) is 5.34. The summed E-state index contributed by atoms with van der Waals surface area (Å²) in [6.45, 7) is 2.33. The fourth-order valence-corrected chi connectivity index (χ4v) is 0.739. The van der Waals surface area contributed by atoms with Crippen molar-refractivity contribution in [2.24, 2.45) is 0 Å². The van der Waals surface area contributed by atoms with E-state index in [1.807, 2.05) is 19.1 Å². The zero-order valence-electron chi connectivity index (χ0n) is 8.18. The predicted molar refractivity (Wildman–Crippen MR) is 54.1 cm³/mol. The van der Waals surface area contributed by atoms with Crippen LogP contribution in [0.1, 0.15) is 5.56 Å². The number of carbonyl (C=O) groups is 1. The van der Waals surface area contributed by atoms with Crippen molar-refractivity contribution in [3.63, 3.8) is 0 Å². The molecule has 1 aromatic rings. The fraction of sp³-hybridized carbons (Fsp3) is 0.222. The maximum atomic E-state index is 8.95. The molecular formula is C9H13BO4. The Morgan fingerprint density at radius 2 is 1.71 bits per heavy atom. The molecule has 0 heterocycles. The third-order valence-electron chi connectivity index (χ3n) is 1.47. The quantitative estimate of drug-likeness (QED) is 0.492. The standard InChI is InChI=1S/C7H9BO2.C2H4O2/c1-6-2-4-7(5-3-6)8(9)10;1-4-2-3/h2-5,9-10H,1H3;2H,1H3. The Morgan fingerprint density at radius 1 is 1.29 bits per heavy atom. The lowest BCUT2D eigenvalue weighted by atomic mass is 9.80. The first-order valence-electron chi connectivity index (χ1n) is 4.01. The monoisotopic (exact) mass is 196 g/mol. The molecule has 0 atom stereocenters. The highest BCUT2D eigenvalue weighted by atomic mass is 16.5. The van der Waals surface area contributed by atoms with Crippen LogP contribution in [0.25, 0.3) is 0 Å². The SMILES string of the molecule is COC=O.Cc1ccc(B(O)O)cc1. The van der Waals surface area contributed by atoms with Gasteiger partial charge in [0.1, 0.15) is 0 Å². The Labute approximate surface area is 83.3 Å². The van der Waals surface area contributed by atoms with Crippen molar-refractivity contribution in [2.45, 2.75) is 6.92 Å². The van der Waals surface area contributed by atoms with Gasteiger partial charge in [-0.2, -0.15) is 0 Å². The summed E-state index contributed by atoms with van der Waals surface area (Å²) in [6, 6.07) is 7.07. The smallest absolute Gasteiger partial charge is 0.471 e. The molecule has 0 aromatic heterocycles. The summed E-state index contributed by atoms with van der Waals surface area (Å²) in [5.41, 5.74) is 1.65. The molecule has 0 unspecified atom stereocenters. The predicted octanol–water partition coefficient (Wildman–Crippen LogP) is -0.536. The molecule has 76 valence electrons. The second kappa shape index (κ2) is 7.11. The molecule has 0 fully saturated rings. The van der Waals surface area contributed by atoms with Crippen molar-refractivity contribution in [1.82, 2.24) is 0 Å². The molecule has 0 aliphatic heterocycles. The van der Waals surface area contributed by atoms with E-state index < -0.39 is 7.12 Å². The summed E-state index contributed by atoms with van der Waals surface area (Å²) < 4.78 is 3.86. The minimum absolute atomic E-state index is 0.375. The minimum Gasteiger partial charge on any atom is -0.471 e. The van der Waals surface area contributed by atoms with Crippen LogP contribution in [0.3, 0.4) is 0 Å². The first kappa shape index (κ1) is 12.7. The number of aryl methyl sites for hydroxylation is 1. The van der Waals surface area contributed by atoms with E-state index in [4.69, 9.17) is 14.8 Å². The van der Waals surface area contributed by atoms with E-state index in [0.717, 1.165) is 5.56 Å². The molecule has 0 saturated carbocycles. The molecule has 0 aliphatic rings. The number of methoxy groups -OCH3 is 1. The molecule has 4 nitrogen and oxygen atoms in total. The molecular weight excluding hydrogens is 183 g/mol. The maximum absolute atomic E-state index is 8.95. The van der Waals surface area contributed by atoms with Gasteiger partial charge in [-0.25, -0.2) is 0 Å². The molecule has 0 bridgehead atoms. The number of rotatable bonds is 2. The van der Waals surface area contributed by atoms with Gasteiger partial charge in [0.2, 0.25) is 0 Å². The number of ether oxygens (including phenoxy) is 1. The zero-order chi connectivity index (χ0) is 11.0. The van der Waals surface area contributed by atoms with E-state index in [-0.39, 0.29) is 0 Å². The molecule has 5 heteroatoms. The minimum atomic E-state index is -1.35. The number of benzene rings is 1. The van der Waals surface area contributed by atoms with Crippen LogP contribution in [0.2, 0.25) is 0 Å². The largest absolute Gasteiger partial charge is 0.488 e. The zero-order valence-corrected chi connectivity index (χ0v) is 8.18. The Hall–Kier alpha value is -1.33. The van der Waals surface area contributed by atoms with E-state index in [2.05, 4.69) is 4.74 Å². The van der Waals surface area contributed by atoms with Crippen LogP contribution in [0, 0.1) is 6.92 Å². The van der Waals surface area contributed by atoms with Crippen molar-refractivity contribution >= 4 is 19.1 Å². The number of hydrogen-bond acceptors (Lipinski definition) is 4. The van der Waals surface area contributed by atoms with Gasteiger partial charge >= 0.3 is 7.12 Å². The Bertz CT molecular complexity index is 258. The van der Waals surface area contributed by atoms with Gasteiger partial charge in [-0.3, -0.25) is 4.79 Å². The summed E-state index contributed by atoms with van der Waals surface area (Å²) in [7, 11) is -0.0342. The van der Waals surface area contributed by atoms with Crippen molar-refractivity contribution in [2.75, 3.05) is 7.11 Å². The van der Waals surface area contributed by atoms with Gasteiger partial charge in [-0.15, -0.1) is 0 Å². The first-order valence-corrected chi connectivity index (χ1v) is 4.01. The lowest BCUT2D eigenvalue weighted by Crippen LogP contribution is -2.29. The van der Waals surface area contributed by atoms with Crippen molar-refractivity contribution < 1.29 is 19.6 Å². The van der Waals surface area contributed by atoms with Crippen LogP contribution < -0.4 is 5.46 Å². The van der Waals surface area contributed by atoms with Gasteiger partial charge in [0.05, 0.1) is 7.11 Å². The van der Waals surface area contributed by atoms with Crippen molar-refractivity contribution in [3.8, 4) is 0 Å². The summed E-state index contributed by atoms with van der Waals surface area (Å²) >= 11 is 0. The maximum Gasteiger partial charge on any atom is 0.488 e. The molecule has 1 aromatic carbocycles. The third-order valence-corrected chi connectivity index (χ3v) is 1.47. The lowest BCUT2D eigenvalue weighted by molar-refractivity contribution is -0.126. The Balaban J connectivity index is 0.000000364. The van der Waals surface area contributed by atoms with Crippen LogP contribution in [0.15, 0.2) is 24.3 Å². The molecule has 14 heavy (non-hydrogen) atoms. The average molecular weight is 196 g/mol. The van der Waals surface area contributed by atoms with Crippen LogP contribution in [0.4, 0.5) is 0 Å². The van der Waals surface area contributed by atoms with Crippen LogP contribution in [-0.2, 0) is 9.53 Å². The molecule has 0 radical (unpaired) electrons. The van der Waals surface area contributed by atoms with E-state index in [9.17, 15) is 0 Å². The molecule has 0 saturated heterocycles. The van der Waals surface area contributed by atoms with Crippen molar-refractivity contribution in [1.29, 1.82) is 0 Å². The van der Waals surface area contributed by atoms with Gasteiger partial charge in [0.15, 0.2) is 0 Å². The van der Waals surface area contributed by atoms with Gasteiger partial charge < -0.3 is 14.8 Å². The normalized spacial score (nSPS) is 8.29. The molecule has 0 aliphatic carbocycles. The van der Waals surface area contributed by atoms with Gasteiger partial charge in [0.25, 0.3) is 6.47 Å². The second-order valence-electron chi connectivity index (χ2n) is 2.62. The summed E-state index contributed by atoms with van der Waals surface area (Å²) in [6.07, 6.45) is 0. The van der Waals surface area contributed by atoms with Crippen LogP contribution in [0.5, 0.6) is 0 Å². The van der Waals surface area contributed by atoms with E-state index >= 15 is 0 Å². The van der Waals surface area contributed by atoms with E-state index in [1.165, 1.54) is 7.11 Å². The fourth-order valence-electron chi connectivity index (χ4n) is 0.739. The van der Waals surface area contributed by atoms with E-state index in [1.54, 1.807) is 12.1 Å². The molecule has 0 amide bonds. The lowest BCUT2D eigenvalue weighted by Gasteiger charge is -1.97. The van der Waals surface area contributed by atoms with Gasteiger partial charge in [-0.05, 0) is 12.4 Å². The van der Waals surface area contributed by atoms with Gasteiger partial charge in [0, 0.05) is 0 Å². The summed E-state index contributed by atoms with van der Waals surface area (Å²) in [4.78, 5) is 8.95. The highest BCUT2D eigenvalue weighted by molar-refractivity contribution is 6.58. The van der Waals surface area contributed by atoms with Crippen LogP contribution in [-0.4, -0.2) is 30.7 Å². The number of hydrogen-bond donors (Lipinski definition) is 2. The summed E-state index contributed by atoms with van der Waals surface area (Å²) in [5, 5.41) is 17.3. The Kier molecular flexibility index (Phi) is 6.44. The first-order chi connectivity index (χ1) is 6.61. The second-order valence-corrected chi connectivity index (χ2v) is 2.62.